The summed E-state index contributed by atoms with van der Waals surface area (Å²) in [4.78, 5) is 19.9. The topological polar surface area (TPSA) is 42.9 Å². The Morgan fingerprint density at radius 3 is 2.44 bits per heavy atom. The summed E-state index contributed by atoms with van der Waals surface area (Å²) < 4.78 is 0. The lowest BCUT2D eigenvalue weighted by molar-refractivity contribution is -0.107. The lowest BCUT2D eigenvalue weighted by Crippen LogP contribution is -2.17. The molecule has 3 atom stereocenters. The normalized spacial score (nSPS) is 23.9. The van der Waals surface area contributed by atoms with E-state index >= 15 is 0 Å². The molecule has 0 radical (unpaired) electrons. The van der Waals surface area contributed by atoms with Crippen LogP contribution < -0.4 is 0 Å². The number of aldehydes is 1. The summed E-state index contributed by atoms with van der Waals surface area (Å²) in [5.41, 5.74) is 4.81. The van der Waals surface area contributed by atoms with Gasteiger partial charge in [-0.3, -0.25) is 0 Å². The highest BCUT2D eigenvalue weighted by Crippen LogP contribution is 2.40. The molecule has 1 fully saturated rings. The number of carbonyl (C=O) groups excluding carboxylic acids is 1. The van der Waals surface area contributed by atoms with E-state index in [2.05, 4.69) is 47.2 Å². The van der Waals surface area contributed by atoms with Crippen LogP contribution >= 0.6 is 0 Å². The molecule has 3 heteroatoms. The van der Waals surface area contributed by atoms with Gasteiger partial charge < -0.3 is 4.79 Å². The van der Waals surface area contributed by atoms with Gasteiger partial charge in [0.25, 0.3) is 0 Å². The van der Waals surface area contributed by atoms with Gasteiger partial charge in [-0.15, -0.1) is 0 Å². The molecule has 32 heavy (non-hydrogen) atoms. The number of hydrogen-bond acceptors (Lipinski definition) is 3. The summed E-state index contributed by atoms with van der Waals surface area (Å²) in [6, 6.07) is 8.24. The van der Waals surface area contributed by atoms with Crippen LogP contribution in [0.5, 0.6) is 0 Å². The molecule has 170 valence electrons. The molecule has 0 saturated heterocycles. The van der Waals surface area contributed by atoms with E-state index in [0.29, 0.717) is 6.42 Å². The van der Waals surface area contributed by atoms with Gasteiger partial charge >= 0.3 is 0 Å². The maximum absolute atomic E-state index is 10.6. The summed E-state index contributed by atoms with van der Waals surface area (Å²) in [5.74, 6) is 3.56. The van der Waals surface area contributed by atoms with Crippen LogP contribution in [0.25, 0.3) is 17.0 Å². The van der Waals surface area contributed by atoms with Crippen LogP contribution in [0, 0.1) is 17.8 Å². The summed E-state index contributed by atoms with van der Waals surface area (Å²) in [5, 5.41) is 0. The van der Waals surface area contributed by atoms with E-state index < -0.39 is 0 Å². The molecule has 1 aromatic heterocycles. The minimum atomic E-state index is 0.570. The fourth-order valence-electron chi connectivity index (χ4n) is 5.81. The zero-order valence-corrected chi connectivity index (χ0v) is 19.6. The molecular weight excluding hydrogens is 392 g/mol. The minimum Gasteiger partial charge on any atom is -0.303 e. The summed E-state index contributed by atoms with van der Waals surface area (Å²) in [7, 11) is 0. The molecular formula is C29H38N2O. The third-order valence-corrected chi connectivity index (χ3v) is 7.73. The van der Waals surface area contributed by atoms with Gasteiger partial charge in [0.2, 0.25) is 0 Å². The molecule has 1 aromatic carbocycles. The fraction of sp³-hybridized carbons (Fsp3) is 0.552. The number of aromatic nitrogens is 2. The maximum atomic E-state index is 10.6. The SMILES string of the molecule is CCCC1CCCC(C2CC=C(c3cnc(-c4ccc(CCC=O)cc4)nc3)CC2)CC1. The van der Waals surface area contributed by atoms with Crippen molar-refractivity contribution in [1.29, 1.82) is 0 Å². The van der Waals surface area contributed by atoms with Gasteiger partial charge in [0.05, 0.1) is 0 Å². The number of allylic oxidation sites excluding steroid dienone is 2. The van der Waals surface area contributed by atoms with Crippen molar-refractivity contribution in [3.05, 3.63) is 53.9 Å². The third-order valence-electron chi connectivity index (χ3n) is 7.73. The van der Waals surface area contributed by atoms with Crippen LogP contribution in [0.2, 0.25) is 0 Å². The predicted molar refractivity (Wildman–Crippen MR) is 132 cm³/mol. The molecule has 1 saturated carbocycles. The molecule has 0 spiro atoms. The lowest BCUT2D eigenvalue weighted by Gasteiger charge is -2.29. The zero-order valence-electron chi connectivity index (χ0n) is 19.6. The Morgan fingerprint density at radius 1 is 0.938 bits per heavy atom. The van der Waals surface area contributed by atoms with Crippen molar-refractivity contribution >= 4 is 11.9 Å². The first-order chi connectivity index (χ1) is 15.8. The van der Waals surface area contributed by atoms with Crippen molar-refractivity contribution in [2.24, 2.45) is 17.8 Å². The third kappa shape index (κ3) is 5.94. The average Bonchev–Trinajstić information content (AvgIpc) is 3.09. The first kappa shape index (κ1) is 22.9. The van der Waals surface area contributed by atoms with E-state index in [4.69, 9.17) is 0 Å². The molecule has 1 heterocycles. The highest BCUT2D eigenvalue weighted by Gasteiger charge is 2.27. The van der Waals surface area contributed by atoms with Crippen LogP contribution in [-0.2, 0) is 11.2 Å². The Hall–Kier alpha value is -2.29. The van der Waals surface area contributed by atoms with E-state index in [9.17, 15) is 4.79 Å². The number of benzene rings is 1. The van der Waals surface area contributed by atoms with Crippen LogP contribution in [0.15, 0.2) is 42.7 Å². The minimum absolute atomic E-state index is 0.570. The van der Waals surface area contributed by atoms with Crippen molar-refractivity contribution in [1.82, 2.24) is 9.97 Å². The largest absolute Gasteiger partial charge is 0.303 e. The van der Waals surface area contributed by atoms with Crippen molar-refractivity contribution < 1.29 is 4.79 Å². The lowest BCUT2D eigenvalue weighted by atomic mass is 9.76. The van der Waals surface area contributed by atoms with Crippen LogP contribution in [0.1, 0.15) is 88.7 Å². The van der Waals surface area contributed by atoms with Gasteiger partial charge in [0.1, 0.15) is 6.29 Å². The standard InChI is InChI=1S/C29H38N2O/c1-2-5-22-6-3-8-24(12-9-22)25-15-17-26(18-16-25)28-20-30-29(31-21-28)27-13-10-23(11-14-27)7-4-19-32/h10-11,13-14,17,19-22,24-25H,2-9,12,15-16,18H2,1H3. The quantitative estimate of drug-likeness (QED) is 0.322. The van der Waals surface area contributed by atoms with Gasteiger partial charge in [0.15, 0.2) is 5.82 Å². The van der Waals surface area contributed by atoms with Gasteiger partial charge in [-0.05, 0) is 61.0 Å². The Morgan fingerprint density at radius 2 is 1.75 bits per heavy atom. The highest BCUT2D eigenvalue weighted by atomic mass is 16.1. The molecule has 2 aliphatic rings. The second kappa shape index (κ2) is 11.5. The van der Waals surface area contributed by atoms with Crippen molar-refractivity contribution in [3.8, 4) is 11.4 Å². The van der Waals surface area contributed by atoms with Crippen LogP contribution in [0.4, 0.5) is 0 Å². The summed E-state index contributed by atoms with van der Waals surface area (Å²) >= 11 is 0. The molecule has 2 aromatic rings. The molecule has 0 amide bonds. The Balaban J connectivity index is 1.34. The monoisotopic (exact) mass is 430 g/mol. The molecule has 2 aliphatic carbocycles. The highest BCUT2D eigenvalue weighted by molar-refractivity contribution is 5.66. The van der Waals surface area contributed by atoms with Gasteiger partial charge in [-0.1, -0.05) is 75.8 Å². The number of rotatable bonds is 8. The summed E-state index contributed by atoms with van der Waals surface area (Å²) in [6.07, 6.45) is 22.5. The maximum Gasteiger partial charge on any atom is 0.159 e. The molecule has 0 N–H and O–H groups in total. The molecule has 4 rings (SSSR count). The number of carbonyl (C=O) groups is 1. The van der Waals surface area contributed by atoms with Gasteiger partial charge in [-0.25, -0.2) is 9.97 Å². The zero-order chi connectivity index (χ0) is 22.2. The van der Waals surface area contributed by atoms with Crippen LogP contribution in [0.3, 0.4) is 0 Å². The second-order valence-electron chi connectivity index (χ2n) is 9.88. The van der Waals surface area contributed by atoms with Crippen molar-refractivity contribution in [2.45, 2.75) is 84.0 Å². The number of hydrogen-bond donors (Lipinski definition) is 0. The van der Waals surface area contributed by atoms with E-state index in [1.165, 1.54) is 74.5 Å². The average molecular weight is 431 g/mol. The van der Waals surface area contributed by atoms with Gasteiger partial charge in [-0.2, -0.15) is 0 Å². The van der Waals surface area contributed by atoms with Crippen molar-refractivity contribution in [2.75, 3.05) is 0 Å². The Labute approximate surface area is 193 Å². The van der Waals surface area contributed by atoms with Crippen LogP contribution in [-0.4, -0.2) is 16.3 Å². The van der Waals surface area contributed by atoms with E-state index in [-0.39, 0.29) is 0 Å². The number of aryl methyl sites for hydroxylation is 1. The van der Waals surface area contributed by atoms with E-state index in [0.717, 1.165) is 48.3 Å². The first-order valence-corrected chi connectivity index (χ1v) is 12.8. The fourth-order valence-corrected chi connectivity index (χ4v) is 5.81. The molecule has 3 nitrogen and oxygen atoms in total. The smallest absolute Gasteiger partial charge is 0.159 e. The van der Waals surface area contributed by atoms with Gasteiger partial charge in [0, 0.05) is 29.9 Å². The second-order valence-corrected chi connectivity index (χ2v) is 9.88. The van der Waals surface area contributed by atoms with Crippen molar-refractivity contribution in [3.63, 3.8) is 0 Å². The Kier molecular flexibility index (Phi) is 8.25. The Bertz CT molecular complexity index is 884. The molecule has 0 bridgehead atoms. The van der Waals surface area contributed by atoms with E-state index in [1.54, 1.807) is 0 Å². The summed E-state index contributed by atoms with van der Waals surface area (Å²) in [6.45, 7) is 2.33. The number of nitrogens with zero attached hydrogens (tertiary/aromatic N) is 2. The first-order valence-electron chi connectivity index (χ1n) is 12.8. The molecule has 3 unspecified atom stereocenters. The van der Waals surface area contributed by atoms with E-state index in [1.807, 2.05) is 12.4 Å². The molecule has 0 aliphatic heterocycles. The predicted octanol–water partition coefficient (Wildman–Crippen LogP) is 7.46.